The Balaban J connectivity index is 1.96. The van der Waals surface area contributed by atoms with E-state index in [9.17, 15) is 13.9 Å². The molecule has 0 saturated heterocycles. The summed E-state index contributed by atoms with van der Waals surface area (Å²) in [5, 5.41) is 32.5. The number of nitrogens with one attached hydrogen (secondary N) is 2. The molecule has 2 atom stereocenters. The van der Waals surface area contributed by atoms with Crippen LogP contribution in [0, 0.1) is 28.4 Å². The number of hydrogen-bond donors (Lipinski definition) is 3. The fourth-order valence-corrected chi connectivity index (χ4v) is 4.12. The van der Waals surface area contributed by atoms with Gasteiger partial charge in [0, 0.05) is 35.0 Å². The zero-order chi connectivity index (χ0) is 22.4. The Hall–Kier alpha value is -3.48. The van der Waals surface area contributed by atoms with E-state index in [1.165, 1.54) is 23.7 Å². The highest BCUT2D eigenvalue weighted by Gasteiger charge is 2.40. The molecule has 0 radical (unpaired) electrons. The van der Waals surface area contributed by atoms with Gasteiger partial charge in [-0.3, -0.25) is 5.41 Å². The van der Waals surface area contributed by atoms with Crippen molar-refractivity contribution in [2.24, 2.45) is 4.99 Å². The number of aliphatic imine (C=N–C) groups is 1. The number of nitrogens with zero attached hydrogens (tertiary/aromatic N) is 3. The van der Waals surface area contributed by atoms with Crippen molar-refractivity contribution in [3.8, 4) is 17.3 Å². The number of hydrogen-bond acceptors (Lipinski definition) is 5. The molecule has 2 aromatic carbocycles. The number of thiazole rings is 1. The average Bonchev–Trinajstić information content (AvgIpc) is 3.26. The van der Waals surface area contributed by atoms with Crippen molar-refractivity contribution in [1.29, 1.82) is 10.7 Å². The van der Waals surface area contributed by atoms with E-state index in [4.69, 9.17) is 10.7 Å². The lowest BCUT2D eigenvalue weighted by Gasteiger charge is -2.34. The van der Waals surface area contributed by atoms with Crippen molar-refractivity contribution in [3.05, 3.63) is 75.6 Å². The lowest BCUT2D eigenvalue weighted by molar-refractivity contribution is 0.0141. The second-order valence-electron chi connectivity index (χ2n) is 6.82. The van der Waals surface area contributed by atoms with E-state index in [1.807, 2.05) is 5.38 Å². The minimum atomic E-state index is -1.77. The van der Waals surface area contributed by atoms with Gasteiger partial charge in [0.25, 0.3) is 0 Å². The normalized spacial score (nSPS) is 14.0. The van der Waals surface area contributed by atoms with Crippen molar-refractivity contribution in [2.75, 3.05) is 6.54 Å². The number of aliphatic hydroxyl groups is 1. The van der Waals surface area contributed by atoms with Crippen LogP contribution in [-0.2, 0) is 5.60 Å². The van der Waals surface area contributed by atoms with Crippen LogP contribution in [0.15, 0.2) is 52.8 Å². The fraction of sp³-hybridized carbons (Fsp3) is 0.182. The van der Waals surface area contributed by atoms with Gasteiger partial charge in [0.2, 0.25) is 0 Å². The molecule has 3 N–H and O–H groups in total. The highest BCUT2D eigenvalue weighted by atomic mass is 32.1. The van der Waals surface area contributed by atoms with Gasteiger partial charge in [-0.15, -0.1) is 11.3 Å². The van der Waals surface area contributed by atoms with Crippen molar-refractivity contribution in [2.45, 2.75) is 18.4 Å². The van der Waals surface area contributed by atoms with Gasteiger partial charge in [-0.25, -0.2) is 18.8 Å². The van der Waals surface area contributed by atoms with Gasteiger partial charge < -0.3 is 10.4 Å². The summed E-state index contributed by atoms with van der Waals surface area (Å²) in [6.07, 6.45) is 2.04. The quantitative estimate of drug-likeness (QED) is 0.362. The summed E-state index contributed by atoms with van der Waals surface area (Å²) in [7, 11) is 0. The fourth-order valence-electron chi connectivity index (χ4n) is 3.15. The van der Waals surface area contributed by atoms with Crippen LogP contribution in [0.1, 0.15) is 29.0 Å². The zero-order valence-electron chi connectivity index (χ0n) is 16.5. The van der Waals surface area contributed by atoms with E-state index in [0.717, 1.165) is 24.0 Å². The third-order valence-corrected chi connectivity index (χ3v) is 5.96. The first-order valence-corrected chi connectivity index (χ1v) is 10.1. The third kappa shape index (κ3) is 4.82. The van der Waals surface area contributed by atoms with Gasteiger partial charge in [-0.05, 0) is 18.2 Å². The van der Waals surface area contributed by atoms with Gasteiger partial charge in [0.15, 0.2) is 0 Å². The largest absolute Gasteiger partial charge is 0.382 e. The Kier molecular flexibility index (Phi) is 6.84. The molecule has 6 nitrogen and oxygen atoms in total. The molecule has 0 aliphatic carbocycles. The van der Waals surface area contributed by atoms with Crippen LogP contribution >= 0.6 is 11.3 Å². The predicted molar refractivity (Wildman–Crippen MR) is 116 cm³/mol. The summed E-state index contributed by atoms with van der Waals surface area (Å²) in [6, 6.07) is 12.0. The van der Waals surface area contributed by atoms with Crippen molar-refractivity contribution in [1.82, 2.24) is 10.3 Å². The minimum Gasteiger partial charge on any atom is -0.382 e. The predicted octanol–water partition coefficient (Wildman–Crippen LogP) is 4.18. The van der Waals surface area contributed by atoms with E-state index in [1.54, 1.807) is 31.2 Å². The Bertz CT molecular complexity index is 1140. The standard InChI is InChI=1S/C22H19F2N5OS/c1-14(21-29-20(10-31-21)16-4-2-15(9-25)3-5-16)22(30,11-27-13-28-12-26)18-7-6-17(23)8-19(18)24/h2-8,10,12-14,30H,11H2,1H3,(H2,26,27,28)/t14-,22+/m0/s1. The molecule has 3 aromatic rings. The monoisotopic (exact) mass is 439 g/mol. The summed E-state index contributed by atoms with van der Waals surface area (Å²) in [6.45, 7) is 1.57. The molecule has 0 aliphatic rings. The SMILES string of the molecule is C[C@@H](c1nc(-c2ccc(C#N)cc2)cs1)[C@](O)(CN/C=N\C=N)c1ccc(F)cc1F. The summed E-state index contributed by atoms with van der Waals surface area (Å²) in [5.74, 6) is -2.28. The van der Waals surface area contributed by atoms with Crippen molar-refractivity contribution >= 4 is 24.0 Å². The van der Waals surface area contributed by atoms with Crippen molar-refractivity contribution < 1.29 is 13.9 Å². The van der Waals surface area contributed by atoms with Gasteiger partial charge >= 0.3 is 0 Å². The van der Waals surface area contributed by atoms with E-state index in [0.29, 0.717) is 16.3 Å². The molecule has 3 rings (SSSR count). The summed E-state index contributed by atoms with van der Waals surface area (Å²) >= 11 is 1.31. The van der Waals surface area contributed by atoms with Gasteiger partial charge in [-0.1, -0.05) is 25.1 Å². The van der Waals surface area contributed by atoms with Crippen LogP contribution in [0.5, 0.6) is 0 Å². The summed E-state index contributed by atoms with van der Waals surface area (Å²) < 4.78 is 28.0. The highest BCUT2D eigenvalue weighted by Crippen LogP contribution is 2.40. The van der Waals surface area contributed by atoms with E-state index in [-0.39, 0.29) is 12.1 Å². The van der Waals surface area contributed by atoms with Gasteiger partial charge in [-0.2, -0.15) is 5.26 Å². The number of benzene rings is 2. The number of aromatic nitrogens is 1. The maximum atomic E-state index is 14.6. The molecule has 0 unspecified atom stereocenters. The maximum absolute atomic E-state index is 14.6. The number of rotatable bonds is 8. The van der Waals surface area contributed by atoms with Crippen LogP contribution in [0.3, 0.4) is 0 Å². The highest BCUT2D eigenvalue weighted by molar-refractivity contribution is 7.10. The Morgan fingerprint density at radius 3 is 2.71 bits per heavy atom. The van der Waals surface area contributed by atoms with Crippen LogP contribution in [0.4, 0.5) is 8.78 Å². The Labute approximate surface area is 182 Å². The average molecular weight is 439 g/mol. The lowest BCUT2D eigenvalue weighted by Crippen LogP contribution is -2.42. The molecule has 0 saturated carbocycles. The van der Waals surface area contributed by atoms with Crippen LogP contribution in [0.25, 0.3) is 11.3 Å². The molecule has 158 valence electrons. The van der Waals surface area contributed by atoms with Crippen LogP contribution < -0.4 is 5.32 Å². The molecular weight excluding hydrogens is 420 g/mol. The van der Waals surface area contributed by atoms with Crippen LogP contribution in [0.2, 0.25) is 0 Å². The topological polar surface area (TPSA) is 105 Å². The first-order valence-electron chi connectivity index (χ1n) is 9.27. The Morgan fingerprint density at radius 2 is 2.06 bits per heavy atom. The smallest absolute Gasteiger partial charge is 0.132 e. The first kappa shape index (κ1) is 22.2. The molecule has 0 bridgehead atoms. The summed E-state index contributed by atoms with van der Waals surface area (Å²) in [4.78, 5) is 8.20. The molecule has 0 spiro atoms. The molecular formula is C22H19F2N5OS. The molecule has 0 fully saturated rings. The minimum absolute atomic E-state index is 0.0766. The lowest BCUT2D eigenvalue weighted by atomic mass is 9.82. The summed E-state index contributed by atoms with van der Waals surface area (Å²) in [5.41, 5.74) is 0.155. The van der Waals surface area contributed by atoms with Crippen molar-refractivity contribution in [3.63, 3.8) is 0 Å². The second-order valence-corrected chi connectivity index (χ2v) is 7.71. The number of nitriles is 1. The molecule has 1 aromatic heterocycles. The molecule has 9 heteroatoms. The Morgan fingerprint density at radius 1 is 1.32 bits per heavy atom. The molecule has 0 amide bonds. The zero-order valence-corrected chi connectivity index (χ0v) is 17.3. The molecule has 31 heavy (non-hydrogen) atoms. The molecule has 1 heterocycles. The maximum Gasteiger partial charge on any atom is 0.132 e. The van der Waals surface area contributed by atoms with Crippen LogP contribution in [-0.4, -0.2) is 29.3 Å². The van der Waals surface area contributed by atoms with E-state index in [2.05, 4.69) is 21.4 Å². The second kappa shape index (κ2) is 9.55. The van der Waals surface area contributed by atoms with E-state index < -0.39 is 23.2 Å². The molecule has 0 aliphatic heterocycles. The van der Waals surface area contributed by atoms with Gasteiger partial charge in [0.05, 0.1) is 28.7 Å². The van der Waals surface area contributed by atoms with Gasteiger partial charge in [0.1, 0.15) is 23.6 Å². The number of halogens is 2. The third-order valence-electron chi connectivity index (χ3n) is 4.93. The first-order chi connectivity index (χ1) is 14.9. The van der Waals surface area contributed by atoms with E-state index >= 15 is 0 Å².